The van der Waals surface area contributed by atoms with Crippen LogP contribution in [0.2, 0.25) is 0 Å². The van der Waals surface area contributed by atoms with Crippen molar-refractivity contribution in [2.45, 2.75) is 44.1 Å². The summed E-state index contributed by atoms with van der Waals surface area (Å²) in [4.78, 5) is 12.0. The molecule has 0 bridgehead atoms. The van der Waals surface area contributed by atoms with Crippen LogP contribution in [-0.4, -0.2) is 18.6 Å². The molecule has 104 valence electrons. The molecule has 1 aliphatic rings. The SMILES string of the molecule is COc1ccc(NC(=O)CC2(N)CCCCC2)cc1. The highest BCUT2D eigenvalue weighted by Gasteiger charge is 2.29. The molecule has 0 unspecified atom stereocenters. The lowest BCUT2D eigenvalue weighted by molar-refractivity contribution is -0.117. The maximum atomic E-state index is 12.0. The third kappa shape index (κ3) is 3.96. The van der Waals surface area contributed by atoms with E-state index in [4.69, 9.17) is 10.5 Å². The first-order valence-electron chi connectivity index (χ1n) is 6.84. The zero-order valence-corrected chi connectivity index (χ0v) is 11.4. The predicted molar refractivity (Wildman–Crippen MR) is 76.2 cm³/mol. The van der Waals surface area contributed by atoms with Crippen molar-refractivity contribution >= 4 is 11.6 Å². The number of ether oxygens (including phenoxy) is 1. The summed E-state index contributed by atoms with van der Waals surface area (Å²) in [6.07, 6.45) is 5.79. The van der Waals surface area contributed by atoms with Crippen LogP contribution in [-0.2, 0) is 4.79 Å². The van der Waals surface area contributed by atoms with E-state index in [9.17, 15) is 4.79 Å². The number of nitrogens with two attached hydrogens (primary N) is 1. The number of amides is 1. The zero-order valence-electron chi connectivity index (χ0n) is 11.4. The first-order chi connectivity index (χ1) is 9.11. The van der Waals surface area contributed by atoms with Crippen molar-refractivity contribution in [2.75, 3.05) is 12.4 Å². The molecule has 0 aromatic heterocycles. The maximum absolute atomic E-state index is 12.0. The molecule has 1 amide bonds. The second-order valence-electron chi connectivity index (χ2n) is 5.38. The number of methoxy groups -OCH3 is 1. The van der Waals surface area contributed by atoms with Crippen LogP contribution in [0.1, 0.15) is 38.5 Å². The Morgan fingerprint density at radius 3 is 2.47 bits per heavy atom. The fraction of sp³-hybridized carbons (Fsp3) is 0.533. The number of anilines is 1. The summed E-state index contributed by atoms with van der Waals surface area (Å²) < 4.78 is 5.08. The van der Waals surface area contributed by atoms with Gasteiger partial charge < -0.3 is 15.8 Å². The lowest BCUT2D eigenvalue weighted by Crippen LogP contribution is -2.44. The Morgan fingerprint density at radius 1 is 1.26 bits per heavy atom. The standard InChI is InChI=1S/C15H22N2O2/c1-19-13-7-5-12(6-8-13)17-14(18)11-15(16)9-3-2-4-10-15/h5-8H,2-4,9-11,16H2,1H3,(H,17,18). The molecule has 1 aromatic carbocycles. The lowest BCUT2D eigenvalue weighted by atomic mass is 9.80. The van der Waals surface area contributed by atoms with Gasteiger partial charge in [-0.25, -0.2) is 0 Å². The zero-order chi connectivity index (χ0) is 13.7. The number of nitrogens with one attached hydrogen (secondary N) is 1. The molecular formula is C15H22N2O2. The molecule has 0 aliphatic heterocycles. The summed E-state index contributed by atoms with van der Waals surface area (Å²) in [5.74, 6) is 0.773. The number of carbonyl (C=O) groups is 1. The molecule has 0 heterocycles. The van der Waals surface area contributed by atoms with E-state index < -0.39 is 0 Å². The summed E-state index contributed by atoms with van der Waals surface area (Å²) in [5.41, 5.74) is 6.75. The maximum Gasteiger partial charge on any atom is 0.226 e. The molecule has 1 aliphatic carbocycles. The third-order valence-electron chi connectivity index (χ3n) is 3.74. The third-order valence-corrected chi connectivity index (χ3v) is 3.74. The lowest BCUT2D eigenvalue weighted by Gasteiger charge is -2.32. The highest BCUT2D eigenvalue weighted by Crippen LogP contribution is 2.29. The van der Waals surface area contributed by atoms with E-state index >= 15 is 0 Å². The van der Waals surface area contributed by atoms with Gasteiger partial charge in [-0.15, -0.1) is 0 Å². The van der Waals surface area contributed by atoms with Crippen molar-refractivity contribution in [3.05, 3.63) is 24.3 Å². The molecule has 1 fully saturated rings. The Bertz CT molecular complexity index is 422. The molecular weight excluding hydrogens is 240 g/mol. The number of benzene rings is 1. The van der Waals surface area contributed by atoms with Crippen LogP contribution >= 0.6 is 0 Å². The van der Waals surface area contributed by atoms with Crippen molar-refractivity contribution in [3.8, 4) is 5.75 Å². The van der Waals surface area contributed by atoms with Crippen LogP contribution in [0.15, 0.2) is 24.3 Å². The van der Waals surface area contributed by atoms with Crippen LogP contribution in [0.5, 0.6) is 5.75 Å². The van der Waals surface area contributed by atoms with Gasteiger partial charge in [0.15, 0.2) is 0 Å². The monoisotopic (exact) mass is 262 g/mol. The second kappa shape index (κ2) is 6.06. The van der Waals surface area contributed by atoms with Crippen LogP contribution in [0.3, 0.4) is 0 Å². The van der Waals surface area contributed by atoms with E-state index in [0.717, 1.165) is 37.1 Å². The molecule has 1 saturated carbocycles. The Hall–Kier alpha value is -1.55. The first-order valence-corrected chi connectivity index (χ1v) is 6.84. The summed E-state index contributed by atoms with van der Waals surface area (Å²) in [7, 11) is 1.62. The molecule has 4 nitrogen and oxygen atoms in total. The van der Waals surface area contributed by atoms with Gasteiger partial charge in [0.2, 0.25) is 5.91 Å². The van der Waals surface area contributed by atoms with Gasteiger partial charge in [0.25, 0.3) is 0 Å². The molecule has 0 saturated heterocycles. The fourth-order valence-electron chi connectivity index (χ4n) is 2.63. The van der Waals surface area contributed by atoms with Crippen LogP contribution in [0.25, 0.3) is 0 Å². The number of hydrogen-bond donors (Lipinski definition) is 2. The van der Waals surface area contributed by atoms with Crippen molar-refractivity contribution < 1.29 is 9.53 Å². The molecule has 1 aromatic rings. The number of rotatable bonds is 4. The quantitative estimate of drug-likeness (QED) is 0.876. The highest BCUT2D eigenvalue weighted by atomic mass is 16.5. The number of carbonyl (C=O) groups excluding carboxylic acids is 1. The Labute approximate surface area is 114 Å². The van der Waals surface area contributed by atoms with Crippen molar-refractivity contribution in [1.82, 2.24) is 0 Å². The minimum atomic E-state index is -0.311. The predicted octanol–water partition coefficient (Wildman–Crippen LogP) is 2.69. The van der Waals surface area contributed by atoms with Gasteiger partial charge in [-0.3, -0.25) is 4.79 Å². The van der Waals surface area contributed by atoms with Crippen LogP contribution < -0.4 is 15.8 Å². The molecule has 0 spiro atoms. The second-order valence-corrected chi connectivity index (χ2v) is 5.38. The van der Waals surface area contributed by atoms with Gasteiger partial charge in [0, 0.05) is 17.6 Å². The normalized spacial score (nSPS) is 17.8. The average Bonchev–Trinajstić information content (AvgIpc) is 2.39. The largest absolute Gasteiger partial charge is 0.497 e. The highest BCUT2D eigenvalue weighted by molar-refractivity contribution is 5.91. The minimum Gasteiger partial charge on any atom is -0.497 e. The summed E-state index contributed by atoms with van der Waals surface area (Å²) in [6.45, 7) is 0. The molecule has 0 radical (unpaired) electrons. The fourth-order valence-corrected chi connectivity index (χ4v) is 2.63. The Balaban J connectivity index is 1.89. The van der Waals surface area contributed by atoms with Gasteiger partial charge in [-0.05, 0) is 37.1 Å². The van der Waals surface area contributed by atoms with Gasteiger partial charge in [0.1, 0.15) is 5.75 Å². The van der Waals surface area contributed by atoms with Crippen LogP contribution in [0, 0.1) is 0 Å². The van der Waals surface area contributed by atoms with E-state index in [1.165, 1.54) is 6.42 Å². The molecule has 2 rings (SSSR count). The van der Waals surface area contributed by atoms with Crippen molar-refractivity contribution in [2.24, 2.45) is 5.73 Å². The van der Waals surface area contributed by atoms with E-state index in [1.54, 1.807) is 7.11 Å². The smallest absolute Gasteiger partial charge is 0.226 e. The topological polar surface area (TPSA) is 64.3 Å². The Morgan fingerprint density at radius 2 is 1.89 bits per heavy atom. The molecule has 19 heavy (non-hydrogen) atoms. The van der Waals surface area contributed by atoms with Crippen LogP contribution in [0.4, 0.5) is 5.69 Å². The molecule has 0 atom stereocenters. The summed E-state index contributed by atoms with van der Waals surface area (Å²) in [6, 6.07) is 7.32. The van der Waals surface area contributed by atoms with E-state index in [0.29, 0.717) is 6.42 Å². The van der Waals surface area contributed by atoms with E-state index in [2.05, 4.69) is 5.32 Å². The van der Waals surface area contributed by atoms with Gasteiger partial charge in [0.05, 0.1) is 7.11 Å². The van der Waals surface area contributed by atoms with E-state index in [-0.39, 0.29) is 11.4 Å². The Kier molecular flexibility index (Phi) is 4.43. The van der Waals surface area contributed by atoms with Crippen molar-refractivity contribution in [3.63, 3.8) is 0 Å². The average molecular weight is 262 g/mol. The van der Waals surface area contributed by atoms with Gasteiger partial charge in [-0.2, -0.15) is 0 Å². The molecule has 4 heteroatoms. The van der Waals surface area contributed by atoms with Gasteiger partial charge in [-0.1, -0.05) is 19.3 Å². The summed E-state index contributed by atoms with van der Waals surface area (Å²) in [5, 5.41) is 2.89. The first kappa shape index (κ1) is 13.9. The number of hydrogen-bond acceptors (Lipinski definition) is 3. The van der Waals surface area contributed by atoms with E-state index in [1.807, 2.05) is 24.3 Å². The summed E-state index contributed by atoms with van der Waals surface area (Å²) >= 11 is 0. The minimum absolute atomic E-state index is 0.00503. The van der Waals surface area contributed by atoms with Crippen molar-refractivity contribution in [1.29, 1.82) is 0 Å². The molecule has 3 N–H and O–H groups in total. The van der Waals surface area contributed by atoms with Gasteiger partial charge >= 0.3 is 0 Å².